The van der Waals surface area contributed by atoms with E-state index < -0.39 is 0 Å². The summed E-state index contributed by atoms with van der Waals surface area (Å²) in [6.07, 6.45) is 0. The first kappa shape index (κ1) is 16.5. The predicted octanol–water partition coefficient (Wildman–Crippen LogP) is 7.82. The van der Waals surface area contributed by atoms with Crippen molar-refractivity contribution in [1.29, 1.82) is 0 Å². The van der Waals surface area contributed by atoms with Gasteiger partial charge in [-0.2, -0.15) is 0 Å². The minimum atomic E-state index is 0.219. The fourth-order valence-corrected chi connectivity index (χ4v) is 4.33. The number of aromatic nitrogens is 2. The van der Waals surface area contributed by atoms with Crippen LogP contribution in [0.5, 0.6) is 0 Å². The van der Waals surface area contributed by atoms with Crippen molar-refractivity contribution in [3.05, 3.63) is 96.3 Å². The van der Waals surface area contributed by atoms with Gasteiger partial charge in [0.2, 0.25) is 0 Å². The van der Waals surface area contributed by atoms with Crippen molar-refractivity contribution in [2.75, 3.05) is 0 Å². The van der Waals surface area contributed by atoms with Crippen LogP contribution in [-0.4, -0.2) is 9.13 Å². The molecule has 0 spiro atoms. The summed E-state index contributed by atoms with van der Waals surface area (Å²) in [5, 5.41) is 1.95. The van der Waals surface area contributed by atoms with Gasteiger partial charge < -0.3 is 9.13 Å². The van der Waals surface area contributed by atoms with E-state index in [9.17, 15) is 0 Å². The highest BCUT2D eigenvalue weighted by molar-refractivity contribution is 5.85. The number of para-hydroxylation sites is 2. The maximum Gasteiger partial charge on any atom is 0.0649 e. The third kappa shape index (κ3) is 2.95. The second kappa shape index (κ2) is 7.21. The second-order valence-electron chi connectivity index (χ2n) is 8.55. The van der Waals surface area contributed by atoms with E-state index in [2.05, 4.69) is 73.2 Å². The molecule has 30 heavy (non-hydrogen) atoms. The largest absolute Gasteiger partial charge is 0.313 e. The molecule has 0 fully saturated rings. The standard InChI is InChI=1S/C28H28N2/c1-19(2)27-16-21-10-5-7-14-25(21)29(27)23-12-9-13-24(18-23)30-26-15-8-6-11-22(26)17-28(30)20(3)4/h5-20H,1-4H3/i16D,17D. The molecule has 2 aromatic heterocycles. The first-order valence-electron chi connectivity index (χ1n) is 11.7. The highest BCUT2D eigenvalue weighted by atomic mass is 15.0. The Morgan fingerprint density at radius 2 is 1.03 bits per heavy atom. The Kier molecular flexibility index (Phi) is 3.97. The van der Waals surface area contributed by atoms with Crippen LogP contribution in [0.3, 0.4) is 0 Å². The lowest BCUT2D eigenvalue weighted by molar-refractivity contribution is 0.789. The summed E-state index contributed by atoms with van der Waals surface area (Å²) in [6, 6.07) is 26.0. The number of hydrogen-bond donors (Lipinski definition) is 0. The zero-order valence-electron chi connectivity index (χ0n) is 20.0. The summed E-state index contributed by atoms with van der Waals surface area (Å²) < 4.78 is 22.1. The van der Waals surface area contributed by atoms with E-state index in [1.54, 1.807) is 0 Å². The molecule has 0 amide bonds. The van der Waals surface area contributed by atoms with E-state index in [0.29, 0.717) is 12.1 Å². The maximum absolute atomic E-state index is 8.81. The summed E-state index contributed by atoms with van der Waals surface area (Å²) in [5.74, 6) is 0.439. The number of hydrogen-bond acceptors (Lipinski definition) is 0. The molecule has 0 unspecified atom stereocenters. The third-order valence-corrected chi connectivity index (χ3v) is 5.74. The first-order valence-corrected chi connectivity index (χ1v) is 10.7. The summed E-state index contributed by atoms with van der Waals surface area (Å²) in [6.45, 7) is 8.59. The van der Waals surface area contributed by atoms with Crippen molar-refractivity contribution in [3.8, 4) is 11.4 Å². The van der Waals surface area contributed by atoms with Crippen molar-refractivity contribution in [2.24, 2.45) is 0 Å². The SMILES string of the molecule is [2H]c1c(C(C)C)n(-c2cccc(-n3c(C(C)C)c([2H])c4ccccc43)c2)c2ccccc12. The van der Waals surface area contributed by atoms with Crippen molar-refractivity contribution in [1.82, 2.24) is 9.13 Å². The highest BCUT2D eigenvalue weighted by Gasteiger charge is 2.16. The lowest BCUT2D eigenvalue weighted by atomic mass is 10.1. The predicted molar refractivity (Wildman–Crippen MR) is 128 cm³/mol. The number of benzene rings is 3. The van der Waals surface area contributed by atoms with E-state index in [-0.39, 0.29) is 11.8 Å². The molecule has 2 nitrogen and oxygen atoms in total. The van der Waals surface area contributed by atoms with Gasteiger partial charge in [0.1, 0.15) is 0 Å². The Bertz CT molecular complexity index is 1350. The molecule has 0 saturated heterocycles. The quantitative estimate of drug-likeness (QED) is 0.294. The van der Waals surface area contributed by atoms with Gasteiger partial charge >= 0.3 is 0 Å². The van der Waals surface area contributed by atoms with Crippen LogP contribution >= 0.6 is 0 Å². The van der Waals surface area contributed by atoms with Gasteiger partial charge in [-0.15, -0.1) is 0 Å². The zero-order chi connectivity index (χ0) is 22.6. The Balaban J connectivity index is 1.81. The Hall–Kier alpha value is -3.26. The van der Waals surface area contributed by atoms with E-state index in [0.717, 1.165) is 44.6 Å². The lowest BCUT2D eigenvalue weighted by Gasteiger charge is -2.17. The van der Waals surface area contributed by atoms with Gasteiger partial charge in [-0.3, -0.25) is 0 Å². The van der Waals surface area contributed by atoms with Crippen molar-refractivity contribution in [3.63, 3.8) is 0 Å². The Morgan fingerprint density at radius 1 is 0.600 bits per heavy atom. The molecule has 0 N–H and O–H groups in total. The molecule has 0 radical (unpaired) electrons. The molecule has 3 aromatic carbocycles. The molecule has 0 saturated carbocycles. The fraction of sp³-hybridized carbons (Fsp3) is 0.214. The van der Waals surface area contributed by atoms with Crippen molar-refractivity contribution >= 4 is 21.8 Å². The number of rotatable bonds is 4. The molecule has 0 atom stereocenters. The van der Waals surface area contributed by atoms with Gasteiger partial charge in [0.25, 0.3) is 0 Å². The van der Waals surface area contributed by atoms with Crippen LogP contribution in [0, 0.1) is 0 Å². The zero-order valence-corrected chi connectivity index (χ0v) is 18.0. The summed E-state index contributed by atoms with van der Waals surface area (Å²) in [5.41, 5.74) is 6.23. The highest BCUT2D eigenvalue weighted by Crippen LogP contribution is 2.32. The van der Waals surface area contributed by atoms with Crippen molar-refractivity contribution < 1.29 is 2.74 Å². The number of fused-ring (bicyclic) bond motifs is 2. The summed E-state index contributed by atoms with van der Waals surface area (Å²) in [7, 11) is 0. The Morgan fingerprint density at radius 3 is 1.47 bits per heavy atom. The average Bonchev–Trinajstić information content (AvgIpc) is 3.26. The molecule has 0 aliphatic heterocycles. The minimum absolute atomic E-state index is 0.219. The molecule has 2 heteroatoms. The van der Waals surface area contributed by atoms with Crippen LogP contribution in [0.1, 0.15) is 53.7 Å². The van der Waals surface area contributed by atoms with Gasteiger partial charge in [0.05, 0.1) is 13.8 Å². The molecule has 2 heterocycles. The summed E-state index contributed by atoms with van der Waals surface area (Å²) >= 11 is 0. The van der Waals surface area contributed by atoms with E-state index in [1.165, 1.54) is 0 Å². The van der Waals surface area contributed by atoms with Gasteiger partial charge in [-0.25, -0.2) is 0 Å². The topological polar surface area (TPSA) is 9.86 Å². The first-order chi connectivity index (χ1) is 15.4. The number of nitrogens with zero attached hydrogens (tertiary/aromatic N) is 2. The molecule has 0 aliphatic rings. The normalized spacial score (nSPS) is 12.9. The van der Waals surface area contributed by atoms with E-state index >= 15 is 0 Å². The average molecular weight is 395 g/mol. The maximum atomic E-state index is 8.81. The van der Waals surface area contributed by atoms with Crippen LogP contribution in [-0.2, 0) is 0 Å². The van der Waals surface area contributed by atoms with Crippen LogP contribution in [0.4, 0.5) is 0 Å². The second-order valence-corrected chi connectivity index (χ2v) is 8.55. The Labute approximate surface area is 181 Å². The molecule has 5 aromatic rings. The van der Waals surface area contributed by atoms with Gasteiger partial charge in [0.15, 0.2) is 0 Å². The molecule has 5 rings (SSSR count). The van der Waals surface area contributed by atoms with Crippen LogP contribution < -0.4 is 0 Å². The van der Waals surface area contributed by atoms with Gasteiger partial charge in [-0.05, 0) is 54.3 Å². The smallest absolute Gasteiger partial charge is 0.0649 e. The molecular formula is C28H28N2. The van der Waals surface area contributed by atoms with Crippen molar-refractivity contribution in [2.45, 2.75) is 39.5 Å². The van der Waals surface area contributed by atoms with Gasteiger partial charge in [-0.1, -0.05) is 70.2 Å². The van der Waals surface area contributed by atoms with Crippen LogP contribution in [0.2, 0.25) is 0 Å². The molecule has 0 aliphatic carbocycles. The van der Waals surface area contributed by atoms with Crippen LogP contribution in [0.25, 0.3) is 33.2 Å². The molecule has 0 bridgehead atoms. The fourth-order valence-electron chi connectivity index (χ4n) is 4.33. The van der Waals surface area contributed by atoms with Gasteiger partial charge in [0, 0.05) is 33.5 Å². The molecular weight excluding hydrogens is 364 g/mol. The van der Waals surface area contributed by atoms with E-state index in [1.807, 2.05) is 36.4 Å². The van der Waals surface area contributed by atoms with Crippen LogP contribution in [0.15, 0.2) is 84.9 Å². The minimum Gasteiger partial charge on any atom is -0.313 e. The molecule has 150 valence electrons. The summed E-state index contributed by atoms with van der Waals surface area (Å²) in [4.78, 5) is 0. The lowest BCUT2D eigenvalue weighted by Crippen LogP contribution is -2.05. The third-order valence-electron chi connectivity index (χ3n) is 5.74. The van der Waals surface area contributed by atoms with E-state index in [4.69, 9.17) is 2.74 Å². The monoisotopic (exact) mass is 394 g/mol.